The van der Waals surface area contributed by atoms with E-state index in [4.69, 9.17) is 0 Å². The lowest BCUT2D eigenvalue weighted by molar-refractivity contribution is 0.961. The van der Waals surface area contributed by atoms with E-state index in [1.165, 1.54) is 24.0 Å². The molecule has 86 valence electrons. The van der Waals surface area contributed by atoms with Gasteiger partial charge in [0.1, 0.15) is 0 Å². The second kappa shape index (κ2) is 7.92. The molecule has 16 heavy (non-hydrogen) atoms. The highest BCUT2D eigenvalue weighted by Crippen LogP contribution is 2.13. The average molecular weight is 214 g/mol. The van der Waals surface area contributed by atoms with E-state index >= 15 is 0 Å². The molecule has 0 aliphatic rings. The molecule has 1 aromatic rings. The first-order valence-corrected chi connectivity index (χ1v) is 6.30. The molecule has 0 aliphatic carbocycles. The van der Waals surface area contributed by atoms with Crippen molar-refractivity contribution in [1.29, 1.82) is 0 Å². The van der Waals surface area contributed by atoms with Crippen LogP contribution in [0.1, 0.15) is 50.7 Å². The molecule has 0 N–H and O–H groups in total. The van der Waals surface area contributed by atoms with Crippen LogP contribution in [0.3, 0.4) is 0 Å². The fourth-order valence-electron chi connectivity index (χ4n) is 1.57. The Hall–Kier alpha value is -1.30. The minimum absolute atomic E-state index is 1.16. The minimum Gasteiger partial charge on any atom is -0.0839 e. The molecule has 0 aromatic heterocycles. The van der Waals surface area contributed by atoms with E-state index in [9.17, 15) is 0 Å². The van der Waals surface area contributed by atoms with Gasteiger partial charge in [-0.1, -0.05) is 75.3 Å². The van der Waals surface area contributed by atoms with Gasteiger partial charge in [-0.2, -0.15) is 0 Å². The number of hydrogen-bond donors (Lipinski definition) is 0. The van der Waals surface area contributed by atoms with Gasteiger partial charge in [0.25, 0.3) is 0 Å². The lowest BCUT2D eigenvalue weighted by Gasteiger charge is -2.00. The molecule has 0 amide bonds. The van der Waals surface area contributed by atoms with Crippen LogP contribution in [-0.2, 0) is 0 Å². The smallest absolute Gasteiger partial charge is 0.0187 e. The van der Waals surface area contributed by atoms with Crippen molar-refractivity contribution in [3.8, 4) is 0 Å². The Morgan fingerprint density at radius 1 is 0.812 bits per heavy atom. The van der Waals surface area contributed by atoms with Gasteiger partial charge >= 0.3 is 0 Å². The zero-order chi connectivity index (χ0) is 11.6. The first-order chi connectivity index (χ1) is 7.88. The van der Waals surface area contributed by atoms with Crippen LogP contribution in [0.2, 0.25) is 0 Å². The van der Waals surface area contributed by atoms with Crippen LogP contribution in [0, 0.1) is 0 Å². The highest BCUT2D eigenvalue weighted by Gasteiger charge is 1.92. The summed E-state index contributed by atoms with van der Waals surface area (Å²) in [5, 5.41) is 0. The second-order valence-corrected chi connectivity index (χ2v) is 4.01. The summed E-state index contributed by atoms with van der Waals surface area (Å²) in [6.45, 7) is 4.41. The summed E-state index contributed by atoms with van der Waals surface area (Å²) < 4.78 is 0. The van der Waals surface area contributed by atoms with Crippen molar-refractivity contribution >= 4 is 12.2 Å². The van der Waals surface area contributed by atoms with E-state index in [1.807, 2.05) is 0 Å². The van der Waals surface area contributed by atoms with Crippen LogP contribution in [0.25, 0.3) is 12.2 Å². The summed E-state index contributed by atoms with van der Waals surface area (Å²) in [5.41, 5.74) is 2.65. The first kappa shape index (κ1) is 12.8. The molecule has 0 fully saturated rings. The third kappa shape index (κ3) is 4.48. The molecule has 1 rings (SSSR count). The predicted molar refractivity (Wildman–Crippen MR) is 74.3 cm³/mol. The van der Waals surface area contributed by atoms with E-state index in [0.717, 1.165) is 12.8 Å². The molecule has 0 aliphatic heterocycles. The van der Waals surface area contributed by atoms with E-state index < -0.39 is 0 Å². The standard InChI is InChI=1S/C16H22/c1-3-5-7-11-15-13-9-10-14-16(15)12-8-6-4-2/h7-14H,3-6H2,1-2H3. The molecular formula is C16H22. The van der Waals surface area contributed by atoms with Crippen molar-refractivity contribution < 1.29 is 0 Å². The topological polar surface area (TPSA) is 0 Å². The average Bonchev–Trinajstić information content (AvgIpc) is 2.32. The Labute approximate surface area is 99.7 Å². The maximum Gasteiger partial charge on any atom is -0.0187 e. The van der Waals surface area contributed by atoms with Crippen LogP contribution < -0.4 is 0 Å². The second-order valence-electron chi connectivity index (χ2n) is 4.01. The minimum atomic E-state index is 1.16. The molecule has 0 bridgehead atoms. The van der Waals surface area contributed by atoms with E-state index in [1.54, 1.807) is 0 Å². The van der Waals surface area contributed by atoms with Gasteiger partial charge in [0.2, 0.25) is 0 Å². The Morgan fingerprint density at radius 3 is 1.62 bits per heavy atom. The number of rotatable bonds is 6. The summed E-state index contributed by atoms with van der Waals surface area (Å²) in [6.07, 6.45) is 13.7. The maximum absolute atomic E-state index is 2.26. The van der Waals surface area contributed by atoms with Crippen LogP contribution in [0.4, 0.5) is 0 Å². The molecular weight excluding hydrogens is 192 g/mol. The lowest BCUT2D eigenvalue weighted by atomic mass is 10.1. The van der Waals surface area contributed by atoms with Gasteiger partial charge in [-0.25, -0.2) is 0 Å². The Kier molecular flexibility index (Phi) is 6.32. The molecule has 0 saturated carbocycles. The van der Waals surface area contributed by atoms with Gasteiger partial charge < -0.3 is 0 Å². The molecule has 0 radical (unpaired) electrons. The fourth-order valence-corrected chi connectivity index (χ4v) is 1.57. The van der Waals surface area contributed by atoms with Crippen LogP contribution >= 0.6 is 0 Å². The van der Waals surface area contributed by atoms with E-state index in [0.29, 0.717) is 0 Å². The normalized spacial score (nSPS) is 11.6. The third-order valence-corrected chi connectivity index (χ3v) is 2.50. The largest absolute Gasteiger partial charge is 0.0839 e. The van der Waals surface area contributed by atoms with Gasteiger partial charge in [-0.05, 0) is 24.0 Å². The number of hydrogen-bond acceptors (Lipinski definition) is 0. The zero-order valence-corrected chi connectivity index (χ0v) is 10.4. The molecule has 0 unspecified atom stereocenters. The van der Waals surface area contributed by atoms with Gasteiger partial charge in [-0.15, -0.1) is 0 Å². The predicted octanol–water partition coefficient (Wildman–Crippen LogP) is 5.31. The van der Waals surface area contributed by atoms with E-state index in [-0.39, 0.29) is 0 Å². The lowest BCUT2D eigenvalue weighted by Crippen LogP contribution is -1.79. The molecule has 0 heterocycles. The van der Waals surface area contributed by atoms with Gasteiger partial charge in [0.05, 0.1) is 0 Å². The van der Waals surface area contributed by atoms with Gasteiger partial charge in [0, 0.05) is 0 Å². The fraction of sp³-hybridized carbons (Fsp3) is 0.375. The van der Waals surface area contributed by atoms with Crippen molar-refractivity contribution in [2.45, 2.75) is 39.5 Å². The molecule has 0 saturated heterocycles. The third-order valence-electron chi connectivity index (χ3n) is 2.50. The zero-order valence-electron chi connectivity index (χ0n) is 10.4. The summed E-state index contributed by atoms with van der Waals surface area (Å²) in [7, 11) is 0. The summed E-state index contributed by atoms with van der Waals surface area (Å²) in [6, 6.07) is 8.56. The summed E-state index contributed by atoms with van der Waals surface area (Å²) in [5.74, 6) is 0. The summed E-state index contributed by atoms with van der Waals surface area (Å²) >= 11 is 0. The van der Waals surface area contributed by atoms with Crippen molar-refractivity contribution in [2.75, 3.05) is 0 Å². The monoisotopic (exact) mass is 214 g/mol. The molecule has 0 heteroatoms. The maximum atomic E-state index is 2.26. The molecule has 0 atom stereocenters. The van der Waals surface area contributed by atoms with Gasteiger partial charge in [0.15, 0.2) is 0 Å². The van der Waals surface area contributed by atoms with Crippen LogP contribution in [-0.4, -0.2) is 0 Å². The Morgan fingerprint density at radius 2 is 1.25 bits per heavy atom. The Balaban J connectivity index is 2.75. The number of unbranched alkanes of at least 4 members (excludes halogenated alkanes) is 2. The summed E-state index contributed by atoms with van der Waals surface area (Å²) in [4.78, 5) is 0. The quantitative estimate of drug-likeness (QED) is 0.601. The van der Waals surface area contributed by atoms with Crippen molar-refractivity contribution in [3.05, 3.63) is 47.5 Å². The van der Waals surface area contributed by atoms with Gasteiger partial charge in [-0.3, -0.25) is 0 Å². The van der Waals surface area contributed by atoms with Crippen molar-refractivity contribution in [2.24, 2.45) is 0 Å². The molecule has 1 aromatic carbocycles. The van der Waals surface area contributed by atoms with Crippen molar-refractivity contribution in [1.82, 2.24) is 0 Å². The highest BCUT2D eigenvalue weighted by atomic mass is 14.0. The number of allylic oxidation sites excluding steroid dienone is 2. The molecule has 0 nitrogen and oxygen atoms in total. The first-order valence-electron chi connectivity index (χ1n) is 6.30. The number of benzene rings is 1. The highest BCUT2D eigenvalue weighted by molar-refractivity contribution is 5.65. The Bertz CT molecular complexity index is 310. The van der Waals surface area contributed by atoms with Crippen molar-refractivity contribution in [3.63, 3.8) is 0 Å². The molecule has 0 spiro atoms. The van der Waals surface area contributed by atoms with Crippen LogP contribution in [0.15, 0.2) is 36.4 Å². The van der Waals surface area contributed by atoms with E-state index in [2.05, 4.69) is 62.4 Å². The SMILES string of the molecule is CCCC=Cc1ccccc1C=CCCC. The van der Waals surface area contributed by atoms with Crippen LogP contribution in [0.5, 0.6) is 0 Å².